The van der Waals surface area contributed by atoms with Crippen molar-refractivity contribution < 1.29 is 14.1 Å². The maximum absolute atomic E-state index is 12.9. The fourth-order valence-corrected chi connectivity index (χ4v) is 4.12. The summed E-state index contributed by atoms with van der Waals surface area (Å²) >= 11 is 0. The largest absolute Gasteiger partial charge is 0.360 e. The Morgan fingerprint density at radius 2 is 2.00 bits per heavy atom. The van der Waals surface area contributed by atoms with Gasteiger partial charge in [-0.05, 0) is 51.5 Å². The molecule has 7 heteroatoms. The second-order valence-electron chi connectivity index (χ2n) is 8.76. The molecule has 1 unspecified atom stereocenters. The number of hydrogen-bond acceptors (Lipinski definition) is 5. The van der Waals surface area contributed by atoms with Crippen molar-refractivity contribution in [1.82, 2.24) is 15.4 Å². The topological polar surface area (TPSA) is 101 Å². The molecule has 1 aliphatic carbocycles. The second-order valence-corrected chi connectivity index (χ2v) is 8.76. The fraction of sp³-hybridized carbons (Fsp3) is 0.522. The van der Waals surface area contributed by atoms with Crippen LogP contribution < -0.4 is 11.1 Å². The van der Waals surface area contributed by atoms with Crippen molar-refractivity contribution in [2.45, 2.75) is 70.0 Å². The molecule has 2 aliphatic rings. The highest BCUT2D eigenvalue weighted by Crippen LogP contribution is 2.40. The van der Waals surface area contributed by atoms with E-state index >= 15 is 0 Å². The third-order valence-corrected chi connectivity index (χ3v) is 6.13. The van der Waals surface area contributed by atoms with Gasteiger partial charge in [0.15, 0.2) is 5.69 Å². The molecule has 3 atom stereocenters. The first-order valence-corrected chi connectivity index (χ1v) is 10.8. The fourth-order valence-electron chi connectivity index (χ4n) is 4.12. The van der Waals surface area contributed by atoms with E-state index in [4.69, 9.17) is 10.3 Å². The van der Waals surface area contributed by atoms with Crippen LogP contribution >= 0.6 is 0 Å². The van der Waals surface area contributed by atoms with E-state index in [9.17, 15) is 9.59 Å². The SMILES string of the molecule is Cc1ccc(C[C@H](N)C(=O)N2CCC(NC(=O)c3cc(C4CC4)on3)C[C@H]2C)cc1. The van der Waals surface area contributed by atoms with E-state index in [1.807, 2.05) is 43.0 Å². The van der Waals surface area contributed by atoms with Crippen LogP contribution in [0.2, 0.25) is 0 Å². The van der Waals surface area contributed by atoms with Crippen LogP contribution in [0.5, 0.6) is 0 Å². The standard InChI is InChI=1S/C23H30N4O3/c1-14-3-5-16(6-4-14)12-19(24)23(29)27-10-9-18(11-15(27)2)25-22(28)20-13-21(30-26-20)17-7-8-17/h3-6,13,15,17-19H,7-12,24H2,1-2H3,(H,25,28)/t15-,18?,19+/m1/s1. The van der Waals surface area contributed by atoms with Crippen molar-refractivity contribution in [3.8, 4) is 0 Å². The summed E-state index contributed by atoms with van der Waals surface area (Å²) in [7, 11) is 0. The molecule has 4 rings (SSSR count). The van der Waals surface area contributed by atoms with Gasteiger partial charge in [-0.1, -0.05) is 35.0 Å². The minimum Gasteiger partial charge on any atom is -0.360 e. The van der Waals surface area contributed by atoms with E-state index in [0.29, 0.717) is 37.4 Å². The van der Waals surface area contributed by atoms with Crippen molar-refractivity contribution in [2.75, 3.05) is 6.54 Å². The number of aromatic nitrogens is 1. The highest BCUT2D eigenvalue weighted by molar-refractivity contribution is 5.92. The lowest BCUT2D eigenvalue weighted by Gasteiger charge is -2.39. The number of aryl methyl sites for hydroxylation is 1. The van der Waals surface area contributed by atoms with Gasteiger partial charge in [-0.3, -0.25) is 9.59 Å². The number of amides is 2. The molecule has 1 aliphatic heterocycles. The Morgan fingerprint density at radius 3 is 2.67 bits per heavy atom. The second kappa shape index (κ2) is 8.60. The van der Waals surface area contributed by atoms with Gasteiger partial charge in [0.1, 0.15) is 5.76 Å². The Bertz CT molecular complexity index is 903. The summed E-state index contributed by atoms with van der Waals surface area (Å²) in [5.41, 5.74) is 8.81. The summed E-state index contributed by atoms with van der Waals surface area (Å²) in [6, 6.07) is 9.32. The van der Waals surface area contributed by atoms with Crippen LogP contribution in [0.3, 0.4) is 0 Å². The maximum atomic E-state index is 12.9. The molecule has 7 nitrogen and oxygen atoms in total. The van der Waals surface area contributed by atoms with Gasteiger partial charge >= 0.3 is 0 Å². The molecule has 1 saturated heterocycles. The first-order valence-electron chi connectivity index (χ1n) is 10.8. The predicted octanol–water partition coefficient (Wildman–Crippen LogP) is 2.54. The third-order valence-electron chi connectivity index (χ3n) is 6.13. The molecule has 2 fully saturated rings. The molecule has 30 heavy (non-hydrogen) atoms. The monoisotopic (exact) mass is 410 g/mol. The Hall–Kier alpha value is -2.67. The van der Waals surface area contributed by atoms with Crippen LogP contribution in [0.25, 0.3) is 0 Å². The molecular weight excluding hydrogens is 380 g/mol. The van der Waals surface area contributed by atoms with E-state index < -0.39 is 6.04 Å². The quantitative estimate of drug-likeness (QED) is 0.762. The van der Waals surface area contributed by atoms with E-state index in [1.165, 1.54) is 5.56 Å². The molecule has 0 bridgehead atoms. The van der Waals surface area contributed by atoms with Crippen LogP contribution in [-0.2, 0) is 11.2 Å². The highest BCUT2D eigenvalue weighted by atomic mass is 16.5. The lowest BCUT2D eigenvalue weighted by molar-refractivity contribution is -0.136. The molecule has 2 heterocycles. The number of piperidine rings is 1. The van der Waals surface area contributed by atoms with Crippen LogP contribution in [0.4, 0.5) is 0 Å². The molecule has 1 aromatic carbocycles. The van der Waals surface area contributed by atoms with Crippen molar-refractivity contribution in [2.24, 2.45) is 5.73 Å². The number of likely N-dealkylation sites (tertiary alicyclic amines) is 1. The molecular formula is C23H30N4O3. The number of rotatable bonds is 6. The van der Waals surface area contributed by atoms with E-state index in [2.05, 4.69) is 10.5 Å². The number of benzene rings is 1. The maximum Gasteiger partial charge on any atom is 0.273 e. The zero-order valence-corrected chi connectivity index (χ0v) is 17.6. The van der Waals surface area contributed by atoms with Gasteiger partial charge in [-0.2, -0.15) is 0 Å². The molecule has 0 radical (unpaired) electrons. The first-order chi connectivity index (χ1) is 14.4. The lowest BCUT2D eigenvalue weighted by atomic mass is 9.96. The lowest BCUT2D eigenvalue weighted by Crippen LogP contribution is -2.55. The van der Waals surface area contributed by atoms with Gasteiger partial charge in [0.25, 0.3) is 5.91 Å². The Kier molecular flexibility index (Phi) is 5.90. The van der Waals surface area contributed by atoms with Crippen molar-refractivity contribution in [3.63, 3.8) is 0 Å². The Balaban J connectivity index is 1.28. The van der Waals surface area contributed by atoms with E-state index in [1.54, 1.807) is 6.07 Å². The van der Waals surface area contributed by atoms with Crippen molar-refractivity contribution >= 4 is 11.8 Å². The van der Waals surface area contributed by atoms with Crippen LogP contribution in [-0.4, -0.2) is 46.5 Å². The smallest absolute Gasteiger partial charge is 0.273 e. The number of nitrogens with one attached hydrogen (secondary N) is 1. The zero-order chi connectivity index (χ0) is 21.3. The molecule has 0 spiro atoms. The third kappa shape index (κ3) is 4.73. The van der Waals surface area contributed by atoms with Gasteiger partial charge in [0.2, 0.25) is 5.91 Å². The van der Waals surface area contributed by atoms with Gasteiger partial charge in [0, 0.05) is 30.6 Å². The molecule has 1 saturated carbocycles. The van der Waals surface area contributed by atoms with Crippen LogP contribution in [0.15, 0.2) is 34.9 Å². The number of carbonyl (C=O) groups is 2. The Morgan fingerprint density at radius 1 is 1.27 bits per heavy atom. The van der Waals surface area contributed by atoms with Gasteiger partial charge < -0.3 is 20.5 Å². The summed E-state index contributed by atoms with van der Waals surface area (Å²) < 4.78 is 5.27. The molecule has 3 N–H and O–H groups in total. The van der Waals surface area contributed by atoms with Crippen LogP contribution in [0.1, 0.15) is 65.9 Å². The minimum atomic E-state index is -0.558. The zero-order valence-electron chi connectivity index (χ0n) is 17.6. The molecule has 1 aromatic heterocycles. The summed E-state index contributed by atoms with van der Waals surface area (Å²) in [5, 5.41) is 6.95. The van der Waals surface area contributed by atoms with E-state index in [0.717, 1.165) is 24.2 Å². The molecule has 2 aromatic rings. The first kappa shape index (κ1) is 20.6. The highest BCUT2D eigenvalue weighted by Gasteiger charge is 2.33. The Labute approximate surface area is 177 Å². The van der Waals surface area contributed by atoms with E-state index in [-0.39, 0.29) is 23.9 Å². The number of hydrogen-bond donors (Lipinski definition) is 2. The van der Waals surface area contributed by atoms with Crippen LogP contribution in [0, 0.1) is 6.92 Å². The number of nitrogens with two attached hydrogens (primary N) is 1. The predicted molar refractivity (Wildman–Crippen MR) is 113 cm³/mol. The van der Waals surface area contributed by atoms with Gasteiger partial charge in [-0.15, -0.1) is 0 Å². The molecule has 160 valence electrons. The average Bonchev–Trinajstić information content (AvgIpc) is 3.45. The van der Waals surface area contributed by atoms with Crippen molar-refractivity contribution in [1.29, 1.82) is 0 Å². The summed E-state index contributed by atoms with van der Waals surface area (Å²) in [4.78, 5) is 27.2. The minimum absolute atomic E-state index is 0.00551. The van der Waals surface area contributed by atoms with Gasteiger partial charge in [0.05, 0.1) is 6.04 Å². The van der Waals surface area contributed by atoms with Crippen molar-refractivity contribution in [3.05, 3.63) is 52.9 Å². The normalized spacial score (nSPS) is 22.6. The summed E-state index contributed by atoms with van der Waals surface area (Å²) in [5.74, 6) is 0.992. The number of carbonyl (C=O) groups excluding carboxylic acids is 2. The summed E-state index contributed by atoms with van der Waals surface area (Å²) in [6.07, 6.45) is 4.13. The molecule has 2 amide bonds. The summed E-state index contributed by atoms with van der Waals surface area (Å²) in [6.45, 7) is 4.63. The average molecular weight is 411 g/mol. The van der Waals surface area contributed by atoms with Gasteiger partial charge in [-0.25, -0.2) is 0 Å². The number of nitrogens with zero attached hydrogens (tertiary/aromatic N) is 2.